The summed E-state index contributed by atoms with van der Waals surface area (Å²) in [5.41, 5.74) is 0.871. The van der Waals surface area contributed by atoms with E-state index in [1.165, 1.54) is 0 Å². The zero-order valence-electron chi connectivity index (χ0n) is 10.8. The Morgan fingerprint density at radius 3 is 2.80 bits per heavy atom. The molecular formula is C13H13BrN4O2. The van der Waals surface area contributed by atoms with Gasteiger partial charge in [-0.3, -0.25) is 0 Å². The van der Waals surface area contributed by atoms with Crippen molar-refractivity contribution in [1.29, 1.82) is 0 Å². The van der Waals surface area contributed by atoms with Crippen molar-refractivity contribution in [3.8, 4) is 11.5 Å². The molecule has 0 radical (unpaired) electrons. The molecule has 0 saturated carbocycles. The quantitative estimate of drug-likeness (QED) is 0.898. The maximum absolute atomic E-state index is 5.56. The molecule has 0 atom stereocenters. The number of aromatic nitrogens is 2. The molecule has 2 N–H and O–H groups in total. The Kier molecular flexibility index (Phi) is 3.60. The van der Waals surface area contributed by atoms with Gasteiger partial charge in [0.2, 0.25) is 5.95 Å². The third-order valence-electron chi connectivity index (χ3n) is 2.77. The van der Waals surface area contributed by atoms with Gasteiger partial charge in [-0.05, 0) is 28.1 Å². The predicted octanol–water partition coefficient (Wildman–Crippen LogP) is 2.80. The summed E-state index contributed by atoms with van der Waals surface area (Å²) in [6, 6.07) is 5.69. The number of fused-ring (bicyclic) bond motifs is 1. The van der Waals surface area contributed by atoms with Crippen molar-refractivity contribution in [2.45, 2.75) is 0 Å². The highest BCUT2D eigenvalue weighted by Gasteiger charge is 2.12. The van der Waals surface area contributed by atoms with Gasteiger partial charge in [0.15, 0.2) is 11.5 Å². The van der Waals surface area contributed by atoms with Crippen LogP contribution in [0.5, 0.6) is 11.5 Å². The molecule has 2 heterocycles. The van der Waals surface area contributed by atoms with E-state index in [9.17, 15) is 0 Å². The van der Waals surface area contributed by atoms with Crippen LogP contribution in [-0.4, -0.2) is 30.2 Å². The summed E-state index contributed by atoms with van der Waals surface area (Å²) >= 11 is 3.42. The monoisotopic (exact) mass is 336 g/mol. The number of anilines is 3. The van der Waals surface area contributed by atoms with Gasteiger partial charge < -0.3 is 20.1 Å². The summed E-state index contributed by atoms with van der Waals surface area (Å²) in [5.74, 6) is 2.73. The van der Waals surface area contributed by atoms with Gasteiger partial charge in [-0.1, -0.05) is 0 Å². The van der Waals surface area contributed by atoms with Gasteiger partial charge in [-0.2, -0.15) is 4.98 Å². The van der Waals surface area contributed by atoms with Crippen LogP contribution in [0.3, 0.4) is 0 Å². The molecule has 0 unspecified atom stereocenters. The first-order valence-corrected chi connectivity index (χ1v) is 6.92. The summed E-state index contributed by atoms with van der Waals surface area (Å²) in [6.07, 6.45) is 1.69. The number of hydrogen-bond donors (Lipinski definition) is 2. The lowest BCUT2D eigenvalue weighted by molar-refractivity contribution is 0.171. The molecule has 0 amide bonds. The molecule has 1 aliphatic rings. The lowest BCUT2D eigenvalue weighted by Crippen LogP contribution is -2.15. The highest BCUT2D eigenvalue weighted by molar-refractivity contribution is 9.10. The van der Waals surface area contributed by atoms with Crippen LogP contribution in [0.1, 0.15) is 0 Å². The number of hydrogen-bond acceptors (Lipinski definition) is 6. The van der Waals surface area contributed by atoms with Crippen molar-refractivity contribution in [1.82, 2.24) is 9.97 Å². The molecule has 3 rings (SSSR count). The second-order valence-electron chi connectivity index (χ2n) is 4.12. The van der Waals surface area contributed by atoms with Crippen molar-refractivity contribution < 1.29 is 9.47 Å². The topological polar surface area (TPSA) is 68.3 Å². The average molecular weight is 337 g/mol. The van der Waals surface area contributed by atoms with Crippen LogP contribution in [0, 0.1) is 0 Å². The Morgan fingerprint density at radius 2 is 2.00 bits per heavy atom. The van der Waals surface area contributed by atoms with Crippen LogP contribution < -0.4 is 20.1 Å². The third-order valence-corrected chi connectivity index (χ3v) is 3.35. The Labute approximate surface area is 124 Å². The van der Waals surface area contributed by atoms with E-state index < -0.39 is 0 Å². The molecule has 6 nitrogen and oxygen atoms in total. The molecule has 0 aliphatic carbocycles. The molecular weight excluding hydrogens is 324 g/mol. The molecule has 20 heavy (non-hydrogen) atoms. The highest BCUT2D eigenvalue weighted by atomic mass is 79.9. The molecule has 0 bridgehead atoms. The SMILES string of the molecule is CNc1ncc(Br)c(Nc2ccc3c(c2)OCCO3)n1. The van der Waals surface area contributed by atoms with E-state index >= 15 is 0 Å². The molecule has 1 aliphatic heterocycles. The standard InChI is InChI=1S/C13H13BrN4O2/c1-15-13-16-7-9(14)12(18-13)17-8-2-3-10-11(6-8)20-5-4-19-10/h2-3,6-7H,4-5H2,1H3,(H2,15,16,17,18). The Bertz CT molecular complexity index is 636. The van der Waals surface area contributed by atoms with Crippen molar-refractivity contribution in [2.24, 2.45) is 0 Å². The molecule has 0 fully saturated rings. The maximum atomic E-state index is 5.56. The lowest BCUT2D eigenvalue weighted by atomic mass is 10.2. The molecule has 2 aromatic rings. The number of benzene rings is 1. The molecule has 0 spiro atoms. The van der Waals surface area contributed by atoms with Crippen LogP contribution in [0.4, 0.5) is 17.5 Å². The molecule has 0 saturated heterocycles. The van der Waals surface area contributed by atoms with Crippen molar-refractivity contribution in [3.63, 3.8) is 0 Å². The molecule has 1 aromatic carbocycles. The Balaban J connectivity index is 1.87. The smallest absolute Gasteiger partial charge is 0.224 e. The number of rotatable bonds is 3. The summed E-state index contributed by atoms with van der Waals surface area (Å²) in [7, 11) is 1.77. The summed E-state index contributed by atoms with van der Waals surface area (Å²) in [6.45, 7) is 1.15. The zero-order chi connectivity index (χ0) is 13.9. The maximum Gasteiger partial charge on any atom is 0.224 e. The van der Waals surface area contributed by atoms with Gasteiger partial charge in [0.1, 0.15) is 19.0 Å². The fourth-order valence-electron chi connectivity index (χ4n) is 1.83. The van der Waals surface area contributed by atoms with Crippen LogP contribution in [0.15, 0.2) is 28.9 Å². The Morgan fingerprint density at radius 1 is 1.20 bits per heavy atom. The van der Waals surface area contributed by atoms with Gasteiger partial charge in [0.25, 0.3) is 0 Å². The van der Waals surface area contributed by atoms with Crippen LogP contribution in [0.2, 0.25) is 0 Å². The van der Waals surface area contributed by atoms with E-state index in [0.29, 0.717) is 25.0 Å². The molecule has 1 aromatic heterocycles. The van der Waals surface area contributed by atoms with Crippen LogP contribution >= 0.6 is 15.9 Å². The van der Waals surface area contributed by atoms with Gasteiger partial charge in [-0.15, -0.1) is 0 Å². The Hall–Kier alpha value is -2.02. The van der Waals surface area contributed by atoms with Gasteiger partial charge in [0, 0.05) is 25.0 Å². The van der Waals surface area contributed by atoms with E-state index in [0.717, 1.165) is 21.7 Å². The van der Waals surface area contributed by atoms with Crippen LogP contribution in [0.25, 0.3) is 0 Å². The van der Waals surface area contributed by atoms with Crippen LogP contribution in [-0.2, 0) is 0 Å². The largest absolute Gasteiger partial charge is 0.486 e. The van der Waals surface area contributed by atoms with Gasteiger partial charge in [-0.25, -0.2) is 4.98 Å². The third kappa shape index (κ3) is 2.62. The number of nitrogens with one attached hydrogen (secondary N) is 2. The second-order valence-corrected chi connectivity index (χ2v) is 4.98. The van der Waals surface area contributed by atoms with E-state index in [-0.39, 0.29) is 0 Å². The fourth-order valence-corrected chi connectivity index (χ4v) is 2.12. The van der Waals surface area contributed by atoms with Crippen molar-refractivity contribution >= 4 is 33.4 Å². The minimum atomic E-state index is 0.549. The van der Waals surface area contributed by atoms with Gasteiger partial charge in [0.05, 0.1) is 4.47 Å². The average Bonchev–Trinajstić information content (AvgIpc) is 2.49. The minimum Gasteiger partial charge on any atom is -0.486 e. The van der Waals surface area contributed by atoms with E-state index in [2.05, 4.69) is 36.5 Å². The fraction of sp³-hybridized carbons (Fsp3) is 0.231. The summed E-state index contributed by atoms with van der Waals surface area (Å²) < 4.78 is 11.8. The van der Waals surface area contributed by atoms with Crippen molar-refractivity contribution in [2.75, 3.05) is 30.9 Å². The predicted molar refractivity (Wildman–Crippen MR) is 80.0 cm³/mol. The first kappa shape index (κ1) is 13.0. The zero-order valence-corrected chi connectivity index (χ0v) is 12.4. The van der Waals surface area contributed by atoms with E-state index in [1.807, 2.05) is 18.2 Å². The number of ether oxygens (including phenoxy) is 2. The first-order chi connectivity index (χ1) is 9.76. The van der Waals surface area contributed by atoms with Gasteiger partial charge >= 0.3 is 0 Å². The second kappa shape index (κ2) is 5.54. The first-order valence-electron chi connectivity index (χ1n) is 6.13. The summed E-state index contributed by atoms with van der Waals surface area (Å²) in [5, 5.41) is 6.13. The molecule has 104 valence electrons. The number of nitrogens with zero attached hydrogens (tertiary/aromatic N) is 2. The number of halogens is 1. The summed E-state index contributed by atoms with van der Waals surface area (Å²) in [4.78, 5) is 8.46. The highest BCUT2D eigenvalue weighted by Crippen LogP contribution is 2.34. The van der Waals surface area contributed by atoms with Crippen molar-refractivity contribution in [3.05, 3.63) is 28.9 Å². The van der Waals surface area contributed by atoms with E-state index in [1.54, 1.807) is 13.2 Å². The normalized spacial score (nSPS) is 12.9. The lowest BCUT2D eigenvalue weighted by Gasteiger charge is -2.19. The minimum absolute atomic E-state index is 0.549. The molecule has 7 heteroatoms. The van der Waals surface area contributed by atoms with E-state index in [4.69, 9.17) is 9.47 Å².